The van der Waals surface area contributed by atoms with E-state index < -0.39 is 11.6 Å². The van der Waals surface area contributed by atoms with Crippen molar-refractivity contribution in [2.24, 2.45) is 0 Å². The van der Waals surface area contributed by atoms with E-state index in [4.69, 9.17) is 4.74 Å². The van der Waals surface area contributed by atoms with Gasteiger partial charge in [0.05, 0.1) is 19.0 Å². The number of nitrogens with zero attached hydrogens (tertiary/aromatic N) is 2. The third kappa shape index (κ3) is 3.58. The van der Waals surface area contributed by atoms with Crippen LogP contribution in [0.3, 0.4) is 0 Å². The number of hydrogen-bond donors (Lipinski definition) is 4. The van der Waals surface area contributed by atoms with Crippen LogP contribution in [0.15, 0.2) is 42.6 Å². The molecule has 0 aliphatic carbocycles. The van der Waals surface area contributed by atoms with Gasteiger partial charge < -0.3 is 20.8 Å². The van der Waals surface area contributed by atoms with Crippen molar-refractivity contribution in [2.45, 2.75) is 6.54 Å². The Bertz CT molecular complexity index is 998. The van der Waals surface area contributed by atoms with Gasteiger partial charge in [-0.2, -0.15) is 4.98 Å². The van der Waals surface area contributed by atoms with Crippen LogP contribution < -0.4 is 26.2 Å². The number of ether oxygens (including phenoxy) is 1. The molecular formula is C18H16F2N6O. The van der Waals surface area contributed by atoms with Gasteiger partial charge in [0.25, 0.3) is 0 Å². The van der Waals surface area contributed by atoms with Gasteiger partial charge in [0.1, 0.15) is 0 Å². The lowest BCUT2D eigenvalue weighted by Gasteiger charge is -2.11. The number of nitrogens with one attached hydrogen (secondary N) is 4. The second-order valence-electron chi connectivity index (χ2n) is 5.84. The number of methoxy groups -OCH3 is 1. The molecule has 0 bridgehead atoms. The van der Waals surface area contributed by atoms with Gasteiger partial charge in [0.15, 0.2) is 23.2 Å². The smallest absolute Gasteiger partial charge is 0.229 e. The zero-order valence-electron chi connectivity index (χ0n) is 14.3. The molecule has 0 saturated carbocycles. The minimum absolute atomic E-state index is 0.0397. The highest BCUT2D eigenvalue weighted by Gasteiger charge is 2.12. The lowest BCUT2D eigenvalue weighted by molar-refractivity contribution is 0.387. The number of hydrogen-bond acceptors (Lipinski definition) is 7. The molecule has 1 aliphatic rings. The summed E-state index contributed by atoms with van der Waals surface area (Å²) < 4.78 is 32.5. The maximum absolute atomic E-state index is 14.1. The molecule has 138 valence electrons. The first-order valence-electron chi connectivity index (χ1n) is 8.14. The molecule has 9 heteroatoms. The molecule has 0 atom stereocenters. The van der Waals surface area contributed by atoms with E-state index in [2.05, 4.69) is 31.5 Å². The van der Waals surface area contributed by atoms with Gasteiger partial charge in [-0.1, -0.05) is 6.07 Å². The van der Waals surface area contributed by atoms with Gasteiger partial charge in [0, 0.05) is 24.0 Å². The monoisotopic (exact) mass is 370 g/mol. The first-order valence-corrected chi connectivity index (χ1v) is 8.14. The minimum Gasteiger partial charge on any atom is -0.494 e. The first kappa shape index (κ1) is 17.0. The molecule has 1 aliphatic heterocycles. The number of rotatable bonds is 5. The predicted octanol–water partition coefficient (Wildman–Crippen LogP) is 3.68. The van der Waals surface area contributed by atoms with E-state index in [1.165, 1.54) is 25.3 Å². The zero-order chi connectivity index (χ0) is 18.8. The Balaban J connectivity index is 1.56. The van der Waals surface area contributed by atoms with E-state index in [1.54, 1.807) is 0 Å². The summed E-state index contributed by atoms with van der Waals surface area (Å²) in [5.74, 6) is -0.912. The van der Waals surface area contributed by atoms with Crippen LogP contribution in [0.25, 0.3) is 0 Å². The Kier molecular flexibility index (Phi) is 4.43. The number of anilines is 5. The van der Waals surface area contributed by atoms with Crippen LogP contribution in [0, 0.1) is 11.6 Å². The summed E-state index contributed by atoms with van der Waals surface area (Å²) in [6.45, 7) is 0.748. The van der Waals surface area contributed by atoms with Gasteiger partial charge in [-0.15, -0.1) is 0 Å². The summed E-state index contributed by atoms with van der Waals surface area (Å²) >= 11 is 0. The zero-order valence-corrected chi connectivity index (χ0v) is 14.3. The van der Waals surface area contributed by atoms with Crippen molar-refractivity contribution in [2.75, 3.05) is 23.2 Å². The van der Waals surface area contributed by atoms with Crippen molar-refractivity contribution in [3.05, 3.63) is 59.8 Å². The number of halogens is 2. The molecule has 0 saturated heterocycles. The topological polar surface area (TPSA) is 83.1 Å². The fraction of sp³-hybridized carbons (Fsp3) is 0.111. The highest BCUT2D eigenvalue weighted by molar-refractivity contribution is 5.66. The van der Waals surface area contributed by atoms with Crippen molar-refractivity contribution in [3.63, 3.8) is 0 Å². The molecule has 7 nitrogen and oxygen atoms in total. The van der Waals surface area contributed by atoms with E-state index in [1.807, 2.05) is 18.2 Å². The van der Waals surface area contributed by atoms with E-state index in [-0.39, 0.29) is 17.5 Å². The van der Waals surface area contributed by atoms with E-state index >= 15 is 0 Å². The summed E-state index contributed by atoms with van der Waals surface area (Å²) in [4.78, 5) is 8.11. The standard InChI is InChI=1S/C18H16F2N6O/c1-27-16-7-12(4-5-13(16)19)23-17-14(20)9-21-18(25-17)24-11-3-2-10-8-22-26-15(10)6-11/h2-7,9,22,26H,8H2,1H3,(H2,21,23,24,25). The van der Waals surface area contributed by atoms with Gasteiger partial charge in [-0.3, -0.25) is 0 Å². The highest BCUT2D eigenvalue weighted by atomic mass is 19.1. The third-order valence-corrected chi connectivity index (χ3v) is 4.03. The van der Waals surface area contributed by atoms with Crippen molar-refractivity contribution in [1.29, 1.82) is 0 Å². The highest BCUT2D eigenvalue weighted by Crippen LogP contribution is 2.27. The van der Waals surface area contributed by atoms with Crippen LogP contribution in [0.1, 0.15) is 5.56 Å². The molecular weight excluding hydrogens is 354 g/mol. The Hall–Kier alpha value is -3.46. The molecule has 2 aromatic carbocycles. The molecule has 2 heterocycles. The number of hydrazine groups is 1. The van der Waals surface area contributed by atoms with Crippen molar-refractivity contribution >= 4 is 28.8 Å². The molecule has 4 N–H and O–H groups in total. The molecule has 27 heavy (non-hydrogen) atoms. The summed E-state index contributed by atoms with van der Waals surface area (Å²) in [7, 11) is 1.36. The van der Waals surface area contributed by atoms with Crippen LogP contribution in [0.5, 0.6) is 5.75 Å². The summed E-state index contributed by atoms with van der Waals surface area (Å²) in [6.07, 6.45) is 1.06. The number of aromatic nitrogens is 2. The second kappa shape index (κ2) is 7.04. The number of benzene rings is 2. The van der Waals surface area contributed by atoms with Crippen LogP contribution in [0.2, 0.25) is 0 Å². The molecule has 0 spiro atoms. The molecule has 0 amide bonds. The summed E-state index contributed by atoms with van der Waals surface area (Å²) in [6, 6.07) is 9.87. The van der Waals surface area contributed by atoms with Crippen LogP contribution in [-0.2, 0) is 6.54 Å². The second-order valence-corrected chi connectivity index (χ2v) is 5.84. The summed E-state index contributed by atoms with van der Waals surface area (Å²) in [5, 5.41) is 5.84. The fourth-order valence-electron chi connectivity index (χ4n) is 2.68. The average molecular weight is 370 g/mol. The largest absolute Gasteiger partial charge is 0.494 e. The lowest BCUT2D eigenvalue weighted by atomic mass is 10.2. The van der Waals surface area contributed by atoms with Crippen LogP contribution in [-0.4, -0.2) is 17.1 Å². The van der Waals surface area contributed by atoms with Crippen molar-refractivity contribution in [3.8, 4) is 5.75 Å². The quantitative estimate of drug-likeness (QED) is 0.545. The molecule has 4 rings (SSSR count). The van der Waals surface area contributed by atoms with Crippen LogP contribution >= 0.6 is 0 Å². The fourth-order valence-corrected chi connectivity index (χ4v) is 2.68. The maximum atomic E-state index is 14.1. The molecule has 3 aromatic rings. The van der Waals surface area contributed by atoms with Gasteiger partial charge in [-0.25, -0.2) is 19.2 Å². The van der Waals surface area contributed by atoms with Crippen molar-refractivity contribution < 1.29 is 13.5 Å². The lowest BCUT2D eigenvalue weighted by Crippen LogP contribution is -2.10. The minimum atomic E-state index is -0.635. The maximum Gasteiger partial charge on any atom is 0.229 e. The van der Waals surface area contributed by atoms with E-state index in [9.17, 15) is 8.78 Å². The Morgan fingerprint density at radius 1 is 1.04 bits per heavy atom. The third-order valence-electron chi connectivity index (χ3n) is 4.03. The first-order chi connectivity index (χ1) is 13.1. The average Bonchev–Trinajstić information content (AvgIpc) is 3.14. The van der Waals surface area contributed by atoms with Gasteiger partial charge in [0.2, 0.25) is 5.95 Å². The normalized spacial score (nSPS) is 12.3. The molecule has 0 unspecified atom stereocenters. The SMILES string of the molecule is COc1cc(Nc2nc(Nc3ccc4c(c3)NNC4)ncc2F)ccc1F. The molecule has 0 fully saturated rings. The van der Waals surface area contributed by atoms with E-state index in [0.29, 0.717) is 5.69 Å². The van der Waals surface area contributed by atoms with Gasteiger partial charge in [-0.05, 0) is 29.8 Å². The van der Waals surface area contributed by atoms with Gasteiger partial charge >= 0.3 is 0 Å². The Morgan fingerprint density at radius 2 is 1.85 bits per heavy atom. The predicted molar refractivity (Wildman–Crippen MR) is 98.4 cm³/mol. The van der Waals surface area contributed by atoms with Crippen molar-refractivity contribution in [1.82, 2.24) is 15.4 Å². The van der Waals surface area contributed by atoms with Crippen LogP contribution in [0.4, 0.5) is 37.6 Å². The Labute approximate surface area is 153 Å². The van der Waals surface area contributed by atoms with E-state index in [0.717, 1.165) is 29.7 Å². The Morgan fingerprint density at radius 3 is 2.70 bits per heavy atom. The molecule has 1 aromatic heterocycles. The summed E-state index contributed by atoms with van der Waals surface area (Å²) in [5.41, 5.74) is 9.37. The molecule has 0 radical (unpaired) electrons. The number of fused-ring (bicyclic) bond motifs is 1.